The Bertz CT molecular complexity index is 154. The monoisotopic (exact) mass is 179 g/mol. The molecule has 0 amide bonds. The van der Waals surface area contributed by atoms with Crippen LogP contribution in [0.15, 0.2) is 0 Å². The summed E-state index contributed by atoms with van der Waals surface area (Å²) in [6, 6.07) is 0. The van der Waals surface area contributed by atoms with Crippen molar-refractivity contribution in [1.29, 1.82) is 0 Å². The van der Waals surface area contributed by atoms with E-state index in [1.165, 1.54) is 0 Å². The maximum Gasteiger partial charge on any atom is 0.239 e. The average Bonchev–Trinajstić information content (AvgIpc) is 2.32. The topological polar surface area (TPSA) is 46.2 Å². The smallest absolute Gasteiger partial charge is 0.239 e. The first-order chi connectivity index (χ1) is 5.60. The highest BCUT2D eigenvalue weighted by Crippen LogP contribution is 2.41. The van der Waals surface area contributed by atoms with Gasteiger partial charge >= 0.3 is 0 Å². The Hall–Kier alpha value is -0.220. The predicted molar refractivity (Wildman–Crippen MR) is 42.0 cm³/mol. The number of halogens is 2. The number of rotatable bonds is 3. The van der Waals surface area contributed by atoms with Crippen molar-refractivity contribution in [2.45, 2.75) is 38.2 Å². The second-order valence-electron chi connectivity index (χ2n) is 3.57. The molecule has 2 atom stereocenters. The molecule has 3 N–H and O–H groups in total. The Morgan fingerprint density at radius 1 is 1.58 bits per heavy atom. The second-order valence-corrected chi connectivity index (χ2v) is 3.57. The normalized spacial score (nSPS) is 36.2. The largest absolute Gasteiger partial charge is 0.392 e. The summed E-state index contributed by atoms with van der Waals surface area (Å²) < 4.78 is 24.3. The van der Waals surface area contributed by atoms with Crippen molar-refractivity contribution in [1.82, 2.24) is 0 Å². The molecule has 1 aliphatic rings. The van der Waals surface area contributed by atoms with E-state index in [4.69, 9.17) is 5.73 Å². The van der Waals surface area contributed by atoms with Gasteiger partial charge in [-0.25, -0.2) is 8.78 Å². The van der Waals surface area contributed by atoms with Gasteiger partial charge < -0.3 is 10.8 Å². The molecule has 1 aliphatic carbocycles. The molecule has 0 spiro atoms. The van der Waals surface area contributed by atoms with Crippen LogP contribution in [-0.2, 0) is 0 Å². The molecule has 0 aliphatic heterocycles. The van der Waals surface area contributed by atoms with Crippen LogP contribution < -0.4 is 5.73 Å². The van der Waals surface area contributed by atoms with Crippen LogP contribution >= 0.6 is 0 Å². The Kier molecular flexibility index (Phi) is 3.01. The fraction of sp³-hybridized carbons (Fsp3) is 1.00. The quantitative estimate of drug-likeness (QED) is 0.682. The van der Waals surface area contributed by atoms with Gasteiger partial charge in [0.25, 0.3) is 0 Å². The fourth-order valence-corrected chi connectivity index (χ4v) is 1.99. The third kappa shape index (κ3) is 1.75. The molecule has 1 saturated carbocycles. The molecular weight excluding hydrogens is 164 g/mol. The lowest BCUT2D eigenvalue weighted by Gasteiger charge is -2.30. The van der Waals surface area contributed by atoms with E-state index in [2.05, 4.69) is 0 Å². The predicted octanol–water partition coefficient (Wildman–Crippen LogP) is 1.13. The van der Waals surface area contributed by atoms with Gasteiger partial charge in [0.15, 0.2) is 0 Å². The summed E-state index contributed by atoms with van der Waals surface area (Å²) in [5.41, 5.74) is 4.71. The zero-order chi connectivity index (χ0) is 9.19. The van der Waals surface area contributed by atoms with Gasteiger partial charge in [-0.2, -0.15) is 0 Å². The first-order valence-electron chi connectivity index (χ1n) is 4.27. The van der Waals surface area contributed by atoms with E-state index >= 15 is 0 Å². The summed E-state index contributed by atoms with van der Waals surface area (Å²) in [4.78, 5) is 0. The minimum Gasteiger partial charge on any atom is -0.392 e. The van der Waals surface area contributed by atoms with E-state index in [1.807, 2.05) is 0 Å². The molecule has 0 aromatic carbocycles. The first kappa shape index (κ1) is 9.86. The first-order valence-corrected chi connectivity index (χ1v) is 4.27. The van der Waals surface area contributed by atoms with Crippen LogP contribution in [0.5, 0.6) is 0 Å². The van der Waals surface area contributed by atoms with Crippen molar-refractivity contribution < 1.29 is 13.9 Å². The molecule has 0 aromatic heterocycles. The van der Waals surface area contributed by atoms with E-state index in [9.17, 15) is 13.9 Å². The van der Waals surface area contributed by atoms with Crippen LogP contribution in [-0.4, -0.2) is 24.2 Å². The molecule has 12 heavy (non-hydrogen) atoms. The zero-order valence-corrected chi connectivity index (χ0v) is 6.97. The lowest BCUT2D eigenvalue weighted by atomic mass is 9.81. The molecule has 0 aromatic rings. The maximum atomic E-state index is 12.1. The standard InChI is InChI=1S/C8H15F2NO/c9-7(10)4-8(5-11)3-1-2-6(8)12/h6-7,12H,1-5,11H2. The summed E-state index contributed by atoms with van der Waals surface area (Å²) in [7, 11) is 0. The summed E-state index contributed by atoms with van der Waals surface area (Å²) in [6.45, 7) is 0.165. The van der Waals surface area contributed by atoms with Crippen molar-refractivity contribution in [3.05, 3.63) is 0 Å². The summed E-state index contributed by atoms with van der Waals surface area (Å²) in [5, 5.41) is 9.48. The van der Waals surface area contributed by atoms with Gasteiger partial charge in [-0.3, -0.25) is 0 Å². The van der Waals surface area contributed by atoms with Crippen LogP contribution in [0.1, 0.15) is 25.7 Å². The van der Waals surface area contributed by atoms with Gasteiger partial charge in [-0.1, -0.05) is 6.42 Å². The van der Waals surface area contributed by atoms with Crippen LogP contribution in [0.4, 0.5) is 8.78 Å². The molecule has 72 valence electrons. The van der Waals surface area contributed by atoms with Crippen LogP contribution in [0.2, 0.25) is 0 Å². The summed E-state index contributed by atoms with van der Waals surface area (Å²) in [6.07, 6.45) is -1.19. The SMILES string of the molecule is NCC1(CC(F)F)CCCC1O. The molecule has 0 radical (unpaired) electrons. The number of nitrogens with two attached hydrogens (primary N) is 1. The Morgan fingerprint density at radius 2 is 2.25 bits per heavy atom. The van der Waals surface area contributed by atoms with Gasteiger partial charge in [0.05, 0.1) is 6.10 Å². The highest BCUT2D eigenvalue weighted by molar-refractivity contribution is 4.93. The Morgan fingerprint density at radius 3 is 2.58 bits per heavy atom. The van der Waals surface area contributed by atoms with Crippen molar-refractivity contribution >= 4 is 0 Å². The molecule has 4 heteroatoms. The molecule has 2 nitrogen and oxygen atoms in total. The number of aliphatic hydroxyl groups is 1. The molecule has 0 saturated heterocycles. The molecule has 0 heterocycles. The number of aliphatic hydroxyl groups excluding tert-OH is 1. The van der Waals surface area contributed by atoms with Crippen LogP contribution in [0.3, 0.4) is 0 Å². The van der Waals surface area contributed by atoms with Gasteiger partial charge in [-0.05, 0) is 12.8 Å². The lowest BCUT2D eigenvalue weighted by molar-refractivity contribution is 0.00137. The number of alkyl halides is 2. The Labute approximate surface area is 70.8 Å². The minimum absolute atomic E-state index is 0.165. The molecule has 2 unspecified atom stereocenters. The highest BCUT2D eigenvalue weighted by atomic mass is 19.3. The lowest BCUT2D eigenvalue weighted by Crippen LogP contribution is -2.39. The van der Waals surface area contributed by atoms with Gasteiger partial charge in [0.2, 0.25) is 6.43 Å². The average molecular weight is 179 g/mol. The molecular formula is C8H15F2NO. The molecule has 1 rings (SSSR count). The van der Waals surface area contributed by atoms with E-state index in [1.54, 1.807) is 0 Å². The maximum absolute atomic E-state index is 12.1. The third-order valence-corrected chi connectivity index (χ3v) is 2.83. The van der Waals surface area contributed by atoms with Gasteiger partial charge in [0, 0.05) is 18.4 Å². The van der Waals surface area contributed by atoms with Crippen LogP contribution in [0.25, 0.3) is 0 Å². The van der Waals surface area contributed by atoms with E-state index in [0.717, 1.165) is 6.42 Å². The van der Waals surface area contributed by atoms with E-state index in [0.29, 0.717) is 12.8 Å². The molecule has 0 bridgehead atoms. The highest BCUT2D eigenvalue weighted by Gasteiger charge is 2.42. The van der Waals surface area contributed by atoms with E-state index < -0.39 is 17.9 Å². The van der Waals surface area contributed by atoms with Crippen molar-refractivity contribution in [3.8, 4) is 0 Å². The second kappa shape index (κ2) is 3.66. The van der Waals surface area contributed by atoms with Crippen molar-refractivity contribution in [2.75, 3.05) is 6.54 Å². The summed E-state index contributed by atoms with van der Waals surface area (Å²) >= 11 is 0. The van der Waals surface area contributed by atoms with Gasteiger partial charge in [-0.15, -0.1) is 0 Å². The minimum atomic E-state index is -2.36. The molecule has 1 fully saturated rings. The number of hydrogen-bond donors (Lipinski definition) is 2. The van der Waals surface area contributed by atoms with Crippen molar-refractivity contribution in [2.24, 2.45) is 11.1 Å². The zero-order valence-electron chi connectivity index (χ0n) is 6.97. The summed E-state index contributed by atoms with van der Waals surface area (Å²) in [5.74, 6) is 0. The fourth-order valence-electron chi connectivity index (χ4n) is 1.99. The Balaban J connectivity index is 2.61. The van der Waals surface area contributed by atoms with Crippen LogP contribution in [0, 0.1) is 5.41 Å². The van der Waals surface area contributed by atoms with E-state index in [-0.39, 0.29) is 13.0 Å². The van der Waals surface area contributed by atoms with Gasteiger partial charge in [0.1, 0.15) is 0 Å². The number of hydrogen-bond acceptors (Lipinski definition) is 2. The van der Waals surface area contributed by atoms with Crippen molar-refractivity contribution in [3.63, 3.8) is 0 Å². The third-order valence-electron chi connectivity index (χ3n) is 2.83.